The molecule has 2 aromatic rings. The molecule has 0 spiro atoms. The molecule has 0 unspecified atom stereocenters. The van der Waals surface area contributed by atoms with E-state index in [9.17, 15) is 8.42 Å². The Bertz CT molecular complexity index is 771. The lowest BCUT2D eigenvalue weighted by molar-refractivity contribution is 0.339. The Morgan fingerprint density at radius 3 is 2.67 bits per heavy atom. The third kappa shape index (κ3) is 4.33. The van der Waals surface area contributed by atoms with Gasteiger partial charge in [0.1, 0.15) is 5.75 Å². The molecule has 0 fully saturated rings. The van der Waals surface area contributed by atoms with Crippen molar-refractivity contribution in [1.82, 2.24) is 14.9 Å². The largest absolute Gasteiger partial charge is 0.493 e. The summed E-state index contributed by atoms with van der Waals surface area (Å²) in [5, 5.41) is 3.86. The van der Waals surface area contributed by atoms with Gasteiger partial charge in [-0.3, -0.25) is 0 Å². The van der Waals surface area contributed by atoms with Crippen molar-refractivity contribution >= 4 is 10.0 Å². The van der Waals surface area contributed by atoms with Gasteiger partial charge in [0.25, 0.3) is 5.89 Å². The first-order chi connectivity index (χ1) is 11.5. The molecule has 0 saturated heterocycles. The number of nitrogens with zero attached hydrogens (tertiary/aromatic N) is 2. The summed E-state index contributed by atoms with van der Waals surface area (Å²) in [6.07, 6.45) is 2.33. The SMILES string of the molecule is CCCCNS(=O)(=O)c1ccc(OCC)c(-c2nc(CC)no2)c1. The molecule has 0 atom stereocenters. The van der Waals surface area contributed by atoms with Crippen molar-refractivity contribution in [3.8, 4) is 17.2 Å². The van der Waals surface area contributed by atoms with Crippen LogP contribution >= 0.6 is 0 Å². The quantitative estimate of drug-likeness (QED) is 0.697. The lowest BCUT2D eigenvalue weighted by Gasteiger charge is -2.11. The summed E-state index contributed by atoms with van der Waals surface area (Å²) in [5.74, 6) is 1.32. The van der Waals surface area contributed by atoms with Gasteiger partial charge in [0.2, 0.25) is 10.0 Å². The molecule has 0 aliphatic carbocycles. The van der Waals surface area contributed by atoms with Crippen molar-refractivity contribution in [2.24, 2.45) is 0 Å². The number of aromatic nitrogens is 2. The molecule has 1 heterocycles. The molecule has 1 N–H and O–H groups in total. The van der Waals surface area contributed by atoms with E-state index in [1.807, 2.05) is 20.8 Å². The fraction of sp³-hybridized carbons (Fsp3) is 0.500. The van der Waals surface area contributed by atoms with Crippen LogP contribution in [0.1, 0.15) is 39.4 Å². The molecule has 0 bridgehead atoms. The average molecular weight is 353 g/mol. The zero-order chi connectivity index (χ0) is 17.6. The molecule has 1 aromatic heterocycles. The molecule has 7 nitrogen and oxygen atoms in total. The predicted molar refractivity (Wildman–Crippen MR) is 90.4 cm³/mol. The Hall–Kier alpha value is -1.93. The summed E-state index contributed by atoms with van der Waals surface area (Å²) in [4.78, 5) is 4.41. The maximum Gasteiger partial charge on any atom is 0.261 e. The Morgan fingerprint density at radius 1 is 1.25 bits per heavy atom. The van der Waals surface area contributed by atoms with E-state index in [4.69, 9.17) is 9.26 Å². The Morgan fingerprint density at radius 2 is 2.04 bits per heavy atom. The van der Waals surface area contributed by atoms with Gasteiger partial charge in [-0.15, -0.1) is 0 Å². The first kappa shape index (κ1) is 18.4. The second kappa shape index (κ2) is 8.25. The molecule has 0 aliphatic rings. The van der Waals surface area contributed by atoms with Crippen molar-refractivity contribution in [1.29, 1.82) is 0 Å². The van der Waals surface area contributed by atoms with Crippen LogP contribution in [-0.4, -0.2) is 31.7 Å². The van der Waals surface area contributed by atoms with Gasteiger partial charge in [0.15, 0.2) is 5.82 Å². The Kier molecular flexibility index (Phi) is 6.33. The van der Waals surface area contributed by atoms with Gasteiger partial charge in [-0.1, -0.05) is 25.4 Å². The number of hydrogen-bond acceptors (Lipinski definition) is 6. The van der Waals surface area contributed by atoms with Gasteiger partial charge in [0, 0.05) is 13.0 Å². The van der Waals surface area contributed by atoms with E-state index in [0.717, 1.165) is 12.8 Å². The summed E-state index contributed by atoms with van der Waals surface area (Å²) in [5.41, 5.74) is 0.474. The molecule has 0 radical (unpaired) electrons. The number of sulfonamides is 1. The Labute approximate surface area is 142 Å². The topological polar surface area (TPSA) is 94.3 Å². The van der Waals surface area contributed by atoms with Gasteiger partial charge in [-0.25, -0.2) is 13.1 Å². The van der Waals surface area contributed by atoms with E-state index in [-0.39, 0.29) is 10.8 Å². The lowest BCUT2D eigenvalue weighted by Crippen LogP contribution is -2.24. The van der Waals surface area contributed by atoms with Gasteiger partial charge >= 0.3 is 0 Å². The highest BCUT2D eigenvalue weighted by atomic mass is 32.2. The fourth-order valence-corrected chi connectivity index (χ4v) is 3.20. The first-order valence-corrected chi connectivity index (χ1v) is 9.59. The van der Waals surface area contributed by atoms with Gasteiger partial charge < -0.3 is 9.26 Å². The third-order valence-electron chi connectivity index (χ3n) is 3.40. The molecule has 2 rings (SSSR count). The number of unbranched alkanes of at least 4 members (excludes halogenated alkanes) is 1. The van der Waals surface area contributed by atoms with Crippen molar-refractivity contribution in [3.05, 3.63) is 24.0 Å². The molecule has 0 saturated carbocycles. The summed E-state index contributed by atoms with van der Waals surface area (Å²) < 4.78 is 38.2. The molecule has 0 amide bonds. The standard InChI is InChI=1S/C16H23N3O4S/c1-4-7-10-17-24(20,21)12-8-9-14(22-6-3)13(11-12)16-18-15(5-2)19-23-16/h8-9,11,17H,4-7,10H2,1-3H3. The fourth-order valence-electron chi connectivity index (χ4n) is 2.10. The highest BCUT2D eigenvalue weighted by Crippen LogP contribution is 2.31. The highest BCUT2D eigenvalue weighted by molar-refractivity contribution is 7.89. The van der Waals surface area contributed by atoms with Crippen LogP contribution in [0.4, 0.5) is 0 Å². The molecule has 132 valence electrons. The summed E-state index contributed by atoms with van der Waals surface area (Å²) >= 11 is 0. The van der Waals surface area contributed by atoms with Crippen LogP contribution in [0.2, 0.25) is 0 Å². The zero-order valence-electron chi connectivity index (χ0n) is 14.2. The number of ether oxygens (including phenoxy) is 1. The van der Waals surface area contributed by atoms with Crippen LogP contribution < -0.4 is 9.46 Å². The van der Waals surface area contributed by atoms with Crippen LogP contribution in [0.5, 0.6) is 5.75 Å². The van der Waals surface area contributed by atoms with E-state index in [0.29, 0.717) is 36.7 Å². The molecular formula is C16H23N3O4S. The minimum Gasteiger partial charge on any atom is -0.493 e. The second-order valence-corrected chi connectivity index (χ2v) is 6.98. The number of hydrogen-bond donors (Lipinski definition) is 1. The van der Waals surface area contributed by atoms with Gasteiger partial charge in [0.05, 0.1) is 17.1 Å². The zero-order valence-corrected chi connectivity index (χ0v) is 15.0. The monoisotopic (exact) mass is 353 g/mol. The number of nitrogens with one attached hydrogen (secondary N) is 1. The third-order valence-corrected chi connectivity index (χ3v) is 4.86. The first-order valence-electron chi connectivity index (χ1n) is 8.11. The Balaban J connectivity index is 2.40. The second-order valence-electron chi connectivity index (χ2n) is 5.21. The minimum absolute atomic E-state index is 0.147. The molecule has 8 heteroatoms. The predicted octanol–water partition coefficient (Wildman–Crippen LogP) is 2.78. The number of benzene rings is 1. The van der Waals surface area contributed by atoms with Crippen LogP contribution in [-0.2, 0) is 16.4 Å². The maximum absolute atomic E-state index is 12.4. The molecule has 0 aliphatic heterocycles. The molecule has 24 heavy (non-hydrogen) atoms. The average Bonchev–Trinajstić information content (AvgIpc) is 3.04. The van der Waals surface area contributed by atoms with Crippen molar-refractivity contribution in [2.45, 2.75) is 44.9 Å². The van der Waals surface area contributed by atoms with Crippen LogP contribution in [0, 0.1) is 0 Å². The van der Waals surface area contributed by atoms with E-state index >= 15 is 0 Å². The van der Waals surface area contributed by atoms with E-state index < -0.39 is 10.0 Å². The summed E-state index contributed by atoms with van der Waals surface area (Å²) in [7, 11) is -3.59. The van der Waals surface area contributed by atoms with E-state index in [1.165, 1.54) is 12.1 Å². The summed E-state index contributed by atoms with van der Waals surface area (Å²) in [6.45, 7) is 6.62. The van der Waals surface area contributed by atoms with Crippen molar-refractivity contribution in [2.75, 3.05) is 13.2 Å². The lowest BCUT2D eigenvalue weighted by atomic mass is 10.2. The highest BCUT2D eigenvalue weighted by Gasteiger charge is 2.20. The maximum atomic E-state index is 12.4. The number of aryl methyl sites for hydroxylation is 1. The van der Waals surface area contributed by atoms with Crippen molar-refractivity contribution in [3.63, 3.8) is 0 Å². The molecule has 1 aromatic carbocycles. The summed E-state index contributed by atoms with van der Waals surface area (Å²) in [6, 6.07) is 4.63. The van der Waals surface area contributed by atoms with Gasteiger partial charge in [-0.05, 0) is 31.5 Å². The minimum atomic E-state index is -3.59. The normalized spacial score (nSPS) is 11.6. The van der Waals surface area contributed by atoms with E-state index in [1.54, 1.807) is 6.07 Å². The van der Waals surface area contributed by atoms with Crippen molar-refractivity contribution < 1.29 is 17.7 Å². The van der Waals surface area contributed by atoms with Crippen LogP contribution in [0.3, 0.4) is 0 Å². The van der Waals surface area contributed by atoms with Crippen LogP contribution in [0.15, 0.2) is 27.6 Å². The van der Waals surface area contributed by atoms with Crippen LogP contribution in [0.25, 0.3) is 11.5 Å². The van der Waals surface area contributed by atoms with E-state index in [2.05, 4.69) is 14.9 Å². The van der Waals surface area contributed by atoms with Gasteiger partial charge in [-0.2, -0.15) is 4.98 Å². The number of rotatable bonds is 9. The smallest absolute Gasteiger partial charge is 0.261 e. The molecular weight excluding hydrogens is 330 g/mol.